The number of nitrogens with zero attached hydrogens (tertiary/aromatic N) is 2. The summed E-state index contributed by atoms with van der Waals surface area (Å²) in [5.74, 6) is 0.291. The van der Waals surface area contributed by atoms with E-state index >= 15 is 0 Å². The zero-order valence-corrected chi connectivity index (χ0v) is 18.7. The van der Waals surface area contributed by atoms with E-state index in [1.54, 1.807) is 6.92 Å². The lowest BCUT2D eigenvalue weighted by atomic mass is 10.1. The van der Waals surface area contributed by atoms with Crippen LogP contribution in [0.15, 0.2) is 48.8 Å². The highest BCUT2D eigenvalue weighted by molar-refractivity contribution is 5.83. The largest absolute Gasteiger partial charge is 0.463 e. The van der Waals surface area contributed by atoms with E-state index in [-0.39, 0.29) is 12.1 Å². The van der Waals surface area contributed by atoms with Gasteiger partial charge in [0.05, 0.1) is 18.5 Å². The van der Waals surface area contributed by atoms with Gasteiger partial charge in [0, 0.05) is 18.1 Å². The van der Waals surface area contributed by atoms with Crippen LogP contribution in [0.25, 0.3) is 11.4 Å². The van der Waals surface area contributed by atoms with Crippen molar-refractivity contribution in [1.82, 2.24) is 9.97 Å². The van der Waals surface area contributed by atoms with Crippen molar-refractivity contribution in [2.75, 3.05) is 0 Å². The smallest absolute Gasteiger partial charge is 0.335 e. The molecule has 2 rings (SSSR count). The monoisotopic (exact) mass is 424 g/mol. The Labute approximate surface area is 184 Å². The van der Waals surface area contributed by atoms with Crippen LogP contribution in [0, 0.1) is 0 Å². The van der Waals surface area contributed by atoms with Gasteiger partial charge in [-0.25, -0.2) is 14.8 Å². The van der Waals surface area contributed by atoms with Crippen LogP contribution in [0.1, 0.15) is 64.9 Å². The quantitative estimate of drug-likeness (QED) is 0.256. The highest BCUT2D eigenvalue weighted by Crippen LogP contribution is 2.18. The number of hydrogen-bond donors (Lipinski definition) is 0. The number of benzene rings is 1. The molecule has 1 aromatic heterocycles. The number of aryl methyl sites for hydroxylation is 1. The second-order valence-electron chi connectivity index (χ2n) is 7.45. The third-order valence-corrected chi connectivity index (χ3v) is 4.75. The number of aromatic nitrogens is 2. The zero-order chi connectivity index (χ0) is 22.5. The van der Waals surface area contributed by atoms with Gasteiger partial charge in [-0.1, -0.05) is 57.0 Å². The molecule has 0 saturated heterocycles. The summed E-state index contributed by atoms with van der Waals surface area (Å²) in [5.41, 5.74) is 2.03. The highest BCUT2D eigenvalue weighted by atomic mass is 16.5. The fourth-order valence-corrected chi connectivity index (χ4v) is 2.92. The van der Waals surface area contributed by atoms with Gasteiger partial charge in [-0.15, -0.1) is 0 Å². The molecule has 31 heavy (non-hydrogen) atoms. The maximum atomic E-state index is 11.8. The molecule has 0 aliphatic carbocycles. The second kappa shape index (κ2) is 13.3. The lowest BCUT2D eigenvalue weighted by molar-refractivity contribution is -0.148. The van der Waals surface area contributed by atoms with E-state index < -0.39 is 5.97 Å². The van der Waals surface area contributed by atoms with E-state index in [0.717, 1.165) is 49.7 Å². The summed E-state index contributed by atoms with van der Waals surface area (Å²) >= 11 is 0. The average molecular weight is 425 g/mol. The number of carbonyl (C=O) groups is 2. The minimum absolute atomic E-state index is 0.100. The van der Waals surface area contributed by atoms with Crippen LogP contribution >= 0.6 is 0 Å². The first-order valence-corrected chi connectivity index (χ1v) is 11.0. The Morgan fingerprint density at radius 2 is 1.77 bits per heavy atom. The van der Waals surface area contributed by atoms with Gasteiger partial charge in [0.2, 0.25) is 0 Å². The van der Waals surface area contributed by atoms with Crippen LogP contribution in [0.2, 0.25) is 0 Å². The van der Waals surface area contributed by atoms with Crippen molar-refractivity contribution in [2.24, 2.45) is 0 Å². The zero-order valence-electron chi connectivity index (χ0n) is 18.7. The molecular weight excluding hydrogens is 392 g/mol. The van der Waals surface area contributed by atoms with E-state index in [1.807, 2.05) is 37.3 Å². The molecule has 1 unspecified atom stereocenters. The highest BCUT2D eigenvalue weighted by Gasteiger charge is 2.09. The predicted octanol–water partition coefficient (Wildman–Crippen LogP) is 5.46. The fraction of sp³-hybridized carbons (Fsp3) is 0.440. The molecule has 0 fully saturated rings. The Hall–Kier alpha value is -3.02. The first-order chi connectivity index (χ1) is 15.0. The molecule has 1 aromatic carbocycles. The molecule has 0 bridgehead atoms. The van der Waals surface area contributed by atoms with Crippen molar-refractivity contribution >= 4 is 11.9 Å². The predicted molar refractivity (Wildman–Crippen MR) is 121 cm³/mol. The van der Waals surface area contributed by atoms with Gasteiger partial charge in [0.25, 0.3) is 0 Å². The van der Waals surface area contributed by atoms with Crippen molar-refractivity contribution in [1.29, 1.82) is 0 Å². The average Bonchev–Trinajstić information content (AvgIpc) is 2.78. The van der Waals surface area contributed by atoms with E-state index in [2.05, 4.69) is 16.9 Å². The Morgan fingerprint density at radius 3 is 2.42 bits per heavy atom. The number of esters is 2. The van der Waals surface area contributed by atoms with Crippen LogP contribution in [-0.4, -0.2) is 28.0 Å². The minimum Gasteiger partial charge on any atom is -0.463 e. The number of carbonyl (C=O) groups excluding carboxylic acids is 2. The molecule has 1 atom stereocenters. The second-order valence-corrected chi connectivity index (χ2v) is 7.45. The van der Waals surface area contributed by atoms with Gasteiger partial charge in [-0.05, 0) is 38.2 Å². The van der Waals surface area contributed by atoms with Crippen LogP contribution in [-0.2, 0) is 20.7 Å². The summed E-state index contributed by atoms with van der Waals surface area (Å²) < 4.78 is 10.5. The summed E-state index contributed by atoms with van der Waals surface area (Å²) in [5, 5.41) is 0. The maximum absolute atomic E-state index is 11.8. The van der Waals surface area contributed by atoms with Crippen LogP contribution in [0.4, 0.5) is 0 Å². The molecule has 0 saturated carbocycles. The molecular formula is C25H32N2O4. The third-order valence-electron chi connectivity index (χ3n) is 4.75. The Kier molecular flexibility index (Phi) is 10.4. The molecule has 0 radical (unpaired) electrons. The lowest BCUT2D eigenvalue weighted by Gasteiger charge is -2.12. The molecule has 166 valence electrons. The van der Waals surface area contributed by atoms with Gasteiger partial charge >= 0.3 is 11.9 Å². The lowest BCUT2D eigenvalue weighted by Crippen LogP contribution is -2.14. The molecule has 6 nitrogen and oxygen atoms in total. The summed E-state index contributed by atoms with van der Waals surface area (Å²) in [6, 6.07) is 7.95. The number of unbranched alkanes of at least 4 members (excludes halogenated alkanes) is 3. The summed E-state index contributed by atoms with van der Waals surface area (Å²) in [6.45, 7) is 5.84. The molecule has 2 aromatic rings. The van der Waals surface area contributed by atoms with Crippen LogP contribution in [0.3, 0.4) is 0 Å². The summed E-state index contributed by atoms with van der Waals surface area (Å²) in [4.78, 5) is 31.8. The molecule has 0 spiro atoms. The molecule has 0 N–H and O–H groups in total. The fourth-order valence-electron chi connectivity index (χ4n) is 2.92. The van der Waals surface area contributed by atoms with E-state index in [4.69, 9.17) is 9.47 Å². The molecule has 6 heteroatoms. The SMILES string of the molecule is CCCCC/C=C/C(=O)Oc1cnc(-c2ccc(CCC(C)OC(=O)CC)cc2)nc1. The van der Waals surface area contributed by atoms with Gasteiger partial charge < -0.3 is 9.47 Å². The normalized spacial score (nSPS) is 12.0. The van der Waals surface area contributed by atoms with Gasteiger partial charge in [-0.3, -0.25) is 4.79 Å². The van der Waals surface area contributed by atoms with Crippen molar-refractivity contribution in [3.05, 3.63) is 54.4 Å². The third kappa shape index (κ3) is 9.11. The van der Waals surface area contributed by atoms with Gasteiger partial charge in [0.15, 0.2) is 11.6 Å². The van der Waals surface area contributed by atoms with E-state index in [9.17, 15) is 9.59 Å². The first-order valence-electron chi connectivity index (χ1n) is 11.0. The molecule has 0 aliphatic rings. The first kappa shape index (κ1) is 24.3. The summed E-state index contributed by atoms with van der Waals surface area (Å²) in [6.07, 6.45) is 12.4. The summed E-state index contributed by atoms with van der Waals surface area (Å²) in [7, 11) is 0. The van der Waals surface area contributed by atoms with Crippen molar-refractivity contribution in [3.8, 4) is 17.1 Å². The van der Waals surface area contributed by atoms with Crippen molar-refractivity contribution in [3.63, 3.8) is 0 Å². The van der Waals surface area contributed by atoms with Gasteiger partial charge in [0.1, 0.15) is 0 Å². The molecule has 0 amide bonds. The minimum atomic E-state index is -0.420. The Balaban J connectivity index is 1.84. The Morgan fingerprint density at radius 1 is 1.06 bits per heavy atom. The topological polar surface area (TPSA) is 78.4 Å². The maximum Gasteiger partial charge on any atom is 0.335 e. The van der Waals surface area contributed by atoms with Crippen molar-refractivity contribution < 1.29 is 19.1 Å². The Bertz CT molecular complexity index is 845. The van der Waals surface area contributed by atoms with Crippen LogP contribution < -0.4 is 4.74 Å². The molecule has 1 heterocycles. The van der Waals surface area contributed by atoms with Gasteiger partial charge in [-0.2, -0.15) is 0 Å². The van der Waals surface area contributed by atoms with E-state index in [0.29, 0.717) is 18.0 Å². The van der Waals surface area contributed by atoms with E-state index in [1.165, 1.54) is 18.5 Å². The number of rotatable bonds is 12. The number of allylic oxidation sites excluding steroid dienone is 1. The standard InChI is InChI=1S/C25H32N2O4/c1-4-6-7-8-9-10-24(29)31-22-17-26-25(27-18-22)21-15-13-20(14-16-21)12-11-19(3)30-23(28)5-2/h9-10,13-19H,4-8,11-12H2,1-3H3/b10-9+. The number of hydrogen-bond acceptors (Lipinski definition) is 6. The number of ether oxygens (including phenoxy) is 2. The van der Waals surface area contributed by atoms with Crippen molar-refractivity contribution in [2.45, 2.75) is 71.8 Å². The molecule has 0 aliphatic heterocycles. The van der Waals surface area contributed by atoms with Crippen LogP contribution in [0.5, 0.6) is 5.75 Å².